The molecule has 3 aromatic carbocycles. The number of anilines is 2. The maximum Gasteiger partial charge on any atom is 0.329 e. The quantitative estimate of drug-likeness (QED) is 0.520. The third kappa shape index (κ3) is 3.65. The number of nitrogens with zero attached hydrogens (tertiary/aromatic N) is 1. The number of ether oxygens (including phenoxy) is 3. The average Bonchev–Trinajstić information content (AvgIpc) is 3.32. The number of rotatable bonds is 6. The summed E-state index contributed by atoms with van der Waals surface area (Å²) in [5.74, 6) is 1.08. The number of amides is 3. The molecule has 2 aliphatic rings. The number of benzene rings is 3. The summed E-state index contributed by atoms with van der Waals surface area (Å²) in [4.78, 5) is 27.7. The maximum atomic E-state index is 13.5. The van der Waals surface area contributed by atoms with E-state index in [0.717, 1.165) is 10.5 Å². The minimum Gasteiger partial charge on any atom is -0.494 e. The number of carbonyl (C=O) groups is 2. The van der Waals surface area contributed by atoms with Crippen LogP contribution in [0.25, 0.3) is 0 Å². The molecule has 0 aromatic heterocycles. The Labute approximate surface area is 195 Å². The van der Waals surface area contributed by atoms with Gasteiger partial charge in [-0.2, -0.15) is 0 Å². The zero-order valence-electron chi connectivity index (χ0n) is 18.4. The Morgan fingerprint density at radius 3 is 2.68 bits per heavy atom. The second kappa shape index (κ2) is 8.60. The molecular weight excluding hydrogens is 438 g/mol. The van der Waals surface area contributed by atoms with Gasteiger partial charge in [0.1, 0.15) is 5.75 Å². The lowest BCUT2D eigenvalue weighted by molar-refractivity contribution is -0.140. The first kappa shape index (κ1) is 21.6. The van der Waals surface area contributed by atoms with Gasteiger partial charge >= 0.3 is 6.03 Å². The molecule has 0 fully saturated rings. The lowest BCUT2D eigenvalue weighted by Gasteiger charge is -2.42. The Bertz CT molecular complexity index is 1250. The average molecular weight is 461 g/mol. The van der Waals surface area contributed by atoms with Gasteiger partial charge in [-0.05, 0) is 55.0 Å². The first-order valence-corrected chi connectivity index (χ1v) is 10.8. The molecule has 2 aliphatic heterocycles. The molecule has 9 heteroatoms. The molecule has 0 unspecified atom stereocenters. The molecule has 174 valence electrons. The smallest absolute Gasteiger partial charge is 0.329 e. The second-order valence-electron chi connectivity index (χ2n) is 7.78. The van der Waals surface area contributed by atoms with Crippen LogP contribution in [0.2, 0.25) is 0 Å². The summed E-state index contributed by atoms with van der Waals surface area (Å²) in [6, 6.07) is 17.9. The fourth-order valence-corrected chi connectivity index (χ4v) is 4.08. The van der Waals surface area contributed by atoms with Crippen molar-refractivity contribution >= 4 is 23.3 Å². The Morgan fingerprint density at radius 1 is 1.12 bits per heavy atom. The van der Waals surface area contributed by atoms with E-state index in [9.17, 15) is 14.7 Å². The molecule has 9 nitrogen and oxygen atoms in total. The van der Waals surface area contributed by atoms with Crippen LogP contribution in [0, 0.1) is 0 Å². The van der Waals surface area contributed by atoms with E-state index in [2.05, 4.69) is 10.6 Å². The number of nitrogens with one attached hydrogen (secondary N) is 2. The number of aliphatic hydroxyl groups is 1. The van der Waals surface area contributed by atoms with Crippen LogP contribution in [-0.2, 0) is 17.1 Å². The lowest BCUT2D eigenvalue weighted by atomic mass is 9.94. The van der Waals surface area contributed by atoms with Gasteiger partial charge in [-0.3, -0.25) is 9.69 Å². The third-order valence-corrected chi connectivity index (χ3v) is 5.68. The number of hydrogen-bond donors (Lipinski definition) is 3. The van der Waals surface area contributed by atoms with Crippen molar-refractivity contribution in [3.05, 3.63) is 77.9 Å². The van der Waals surface area contributed by atoms with Crippen molar-refractivity contribution in [1.82, 2.24) is 5.32 Å². The van der Waals surface area contributed by atoms with E-state index in [1.807, 2.05) is 6.92 Å². The molecule has 0 bridgehead atoms. The van der Waals surface area contributed by atoms with Gasteiger partial charge < -0.3 is 30.0 Å². The number of hydrogen-bond acceptors (Lipinski definition) is 6. The number of fused-ring (bicyclic) bond motifs is 2. The van der Waals surface area contributed by atoms with Crippen LogP contribution in [0.1, 0.15) is 18.1 Å². The van der Waals surface area contributed by atoms with Crippen molar-refractivity contribution < 1.29 is 28.9 Å². The first-order chi connectivity index (χ1) is 16.5. The summed E-state index contributed by atoms with van der Waals surface area (Å²) < 4.78 is 16.2. The standard InChI is InChI=1S/C25H23N3O6/c1-2-32-18-10-8-17(9-11-18)28-24(30)27-20-6-4-3-5-19(20)25(28,31)23(29)26-14-16-7-12-21-22(13-16)34-15-33-21/h3-13,31H,2,14-15H2,1H3,(H,26,29)(H,27,30)/t25-/m1/s1. The van der Waals surface area contributed by atoms with E-state index in [1.165, 1.54) is 0 Å². The van der Waals surface area contributed by atoms with Crippen molar-refractivity contribution in [2.24, 2.45) is 0 Å². The van der Waals surface area contributed by atoms with Crippen LogP contribution in [0.15, 0.2) is 66.7 Å². The molecule has 2 heterocycles. The molecule has 1 atom stereocenters. The van der Waals surface area contributed by atoms with Crippen LogP contribution in [0.5, 0.6) is 17.2 Å². The number of urea groups is 1. The minimum absolute atomic E-state index is 0.110. The first-order valence-electron chi connectivity index (χ1n) is 10.8. The van der Waals surface area contributed by atoms with Gasteiger partial charge in [0.25, 0.3) is 11.6 Å². The molecule has 3 aromatic rings. The van der Waals surface area contributed by atoms with E-state index in [0.29, 0.717) is 35.2 Å². The third-order valence-electron chi connectivity index (χ3n) is 5.68. The van der Waals surface area contributed by atoms with Gasteiger partial charge in [0.05, 0.1) is 12.3 Å². The molecule has 3 N–H and O–H groups in total. The molecule has 0 spiro atoms. The van der Waals surface area contributed by atoms with E-state index < -0.39 is 17.7 Å². The Hall–Kier alpha value is -4.24. The number of carbonyl (C=O) groups excluding carboxylic acids is 2. The van der Waals surface area contributed by atoms with Crippen LogP contribution in [0.4, 0.5) is 16.2 Å². The number of para-hydroxylation sites is 1. The molecule has 5 rings (SSSR count). The Balaban J connectivity index is 1.48. The van der Waals surface area contributed by atoms with E-state index in [-0.39, 0.29) is 18.9 Å². The van der Waals surface area contributed by atoms with Gasteiger partial charge in [0, 0.05) is 17.8 Å². The van der Waals surface area contributed by atoms with Crippen LogP contribution >= 0.6 is 0 Å². The van der Waals surface area contributed by atoms with Crippen molar-refractivity contribution in [2.45, 2.75) is 19.2 Å². The summed E-state index contributed by atoms with van der Waals surface area (Å²) >= 11 is 0. The van der Waals surface area contributed by atoms with E-state index in [1.54, 1.807) is 66.7 Å². The predicted octanol–water partition coefficient (Wildman–Crippen LogP) is 3.33. The summed E-state index contributed by atoms with van der Waals surface area (Å²) in [5.41, 5.74) is -0.594. The van der Waals surface area contributed by atoms with Gasteiger partial charge in [-0.15, -0.1) is 0 Å². The minimum atomic E-state index is -2.29. The molecule has 0 saturated heterocycles. The summed E-state index contributed by atoms with van der Waals surface area (Å²) in [6.45, 7) is 2.61. The fourth-order valence-electron chi connectivity index (χ4n) is 4.08. The Kier molecular flexibility index (Phi) is 5.46. The fraction of sp³-hybridized carbons (Fsp3) is 0.200. The zero-order chi connectivity index (χ0) is 23.7. The van der Waals surface area contributed by atoms with E-state index >= 15 is 0 Å². The second-order valence-corrected chi connectivity index (χ2v) is 7.78. The monoisotopic (exact) mass is 461 g/mol. The predicted molar refractivity (Wildman–Crippen MR) is 124 cm³/mol. The van der Waals surface area contributed by atoms with Gasteiger partial charge in [0.2, 0.25) is 6.79 Å². The molecular formula is C25H23N3O6. The van der Waals surface area contributed by atoms with E-state index in [4.69, 9.17) is 14.2 Å². The highest BCUT2D eigenvalue weighted by atomic mass is 16.7. The largest absolute Gasteiger partial charge is 0.494 e. The van der Waals surface area contributed by atoms with Gasteiger partial charge in [-0.1, -0.05) is 24.3 Å². The van der Waals surface area contributed by atoms with Gasteiger partial charge in [0.15, 0.2) is 11.5 Å². The molecule has 3 amide bonds. The lowest BCUT2D eigenvalue weighted by Crippen LogP contribution is -2.62. The highest BCUT2D eigenvalue weighted by Gasteiger charge is 2.51. The normalized spacial score (nSPS) is 18.2. The Morgan fingerprint density at radius 2 is 1.88 bits per heavy atom. The highest BCUT2D eigenvalue weighted by Crippen LogP contribution is 2.40. The summed E-state index contributed by atoms with van der Waals surface area (Å²) in [7, 11) is 0. The molecule has 0 saturated carbocycles. The molecule has 0 radical (unpaired) electrons. The zero-order valence-corrected chi connectivity index (χ0v) is 18.4. The van der Waals surface area contributed by atoms with Crippen molar-refractivity contribution in [3.8, 4) is 17.2 Å². The maximum absolute atomic E-state index is 13.5. The molecule has 34 heavy (non-hydrogen) atoms. The van der Waals surface area contributed by atoms with Crippen LogP contribution < -0.4 is 29.7 Å². The van der Waals surface area contributed by atoms with Crippen LogP contribution in [-0.4, -0.2) is 30.4 Å². The van der Waals surface area contributed by atoms with Crippen molar-refractivity contribution in [3.63, 3.8) is 0 Å². The molecule has 0 aliphatic carbocycles. The van der Waals surface area contributed by atoms with Gasteiger partial charge in [-0.25, -0.2) is 4.79 Å². The topological polar surface area (TPSA) is 109 Å². The summed E-state index contributed by atoms with van der Waals surface area (Å²) in [5, 5.41) is 17.4. The SMILES string of the molecule is CCOc1ccc(N2C(=O)Nc3ccccc3[C@@]2(O)C(=O)NCc2ccc3c(c2)OCO3)cc1. The van der Waals surface area contributed by atoms with Crippen LogP contribution in [0.3, 0.4) is 0 Å². The van der Waals surface area contributed by atoms with Crippen molar-refractivity contribution in [1.29, 1.82) is 0 Å². The summed E-state index contributed by atoms with van der Waals surface area (Å²) in [6.07, 6.45) is 0. The highest BCUT2D eigenvalue weighted by molar-refractivity contribution is 6.11. The van der Waals surface area contributed by atoms with Crippen molar-refractivity contribution in [2.75, 3.05) is 23.6 Å².